The predicted octanol–water partition coefficient (Wildman–Crippen LogP) is 0.640. The normalized spacial score (nSPS) is 33.4. The van der Waals surface area contributed by atoms with E-state index in [0.29, 0.717) is 23.8 Å². The molecular formula is C31H39N3O8. The zero-order valence-electron chi connectivity index (χ0n) is 24.5. The Morgan fingerprint density at radius 2 is 1.81 bits per heavy atom. The zero-order chi connectivity index (χ0) is 30.5. The highest BCUT2D eigenvalue weighted by Crippen LogP contribution is 2.58. The Morgan fingerprint density at radius 3 is 2.33 bits per heavy atom. The van der Waals surface area contributed by atoms with Gasteiger partial charge in [0.05, 0.1) is 24.6 Å². The second kappa shape index (κ2) is 9.68. The van der Waals surface area contributed by atoms with Crippen molar-refractivity contribution in [2.75, 3.05) is 27.7 Å². The number of primary amides is 1. The summed E-state index contributed by atoms with van der Waals surface area (Å²) in [6.07, 6.45) is 4.91. The monoisotopic (exact) mass is 581 g/mol. The van der Waals surface area contributed by atoms with E-state index in [4.69, 9.17) is 10.5 Å². The molecule has 5 aliphatic rings. The van der Waals surface area contributed by atoms with Crippen LogP contribution >= 0.6 is 0 Å². The summed E-state index contributed by atoms with van der Waals surface area (Å²) in [4.78, 5) is 70.8. The van der Waals surface area contributed by atoms with E-state index in [0.717, 1.165) is 24.9 Å². The average molecular weight is 582 g/mol. The molecule has 11 heteroatoms. The van der Waals surface area contributed by atoms with E-state index in [1.807, 2.05) is 0 Å². The van der Waals surface area contributed by atoms with Crippen LogP contribution in [0.15, 0.2) is 6.07 Å². The highest BCUT2D eigenvalue weighted by molar-refractivity contribution is 6.32. The topological polar surface area (TPSA) is 168 Å². The van der Waals surface area contributed by atoms with Crippen molar-refractivity contribution in [2.24, 2.45) is 35.3 Å². The molecule has 0 radical (unpaired) electrons. The molecule has 0 aromatic heterocycles. The molecule has 2 unspecified atom stereocenters. The minimum absolute atomic E-state index is 0.00388. The first-order valence-corrected chi connectivity index (χ1v) is 14.8. The summed E-state index contributed by atoms with van der Waals surface area (Å²) in [5, 5.41) is 22.9. The van der Waals surface area contributed by atoms with Gasteiger partial charge in [0.15, 0.2) is 34.7 Å². The molecule has 4 fully saturated rings. The van der Waals surface area contributed by atoms with Gasteiger partial charge in [0.2, 0.25) is 5.91 Å². The van der Waals surface area contributed by atoms with E-state index in [1.165, 1.54) is 30.9 Å². The Morgan fingerprint density at radius 1 is 1.14 bits per heavy atom. The lowest BCUT2D eigenvalue weighted by atomic mass is 9.52. The van der Waals surface area contributed by atoms with Crippen LogP contribution in [0.2, 0.25) is 0 Å². The Hall–Kier alpha value is -3.15. The number of Topliss-reactive ketones (excluding diaryl/α,β-unsaturated/α-hetero) is 4. The minimum Gasteiger partial charge on any atom is -0.507 e. The fraction of sp³-hybridized carbons (Fsp3) is 0.645. The minimum atomic E-state index is -2.74. The summed E-state index contributed by atoms with van der Waals surface area (Å²) < 4.78 is 5.88. The number of hydrogen-bond donors (Lipinski definition) is 3. The van der Waals surface area contributed by atoms with Gasteiger partial charge in [-0.3, -0.25) is 33.8 Å². The second-order valence-corrected chi connectivity index (χ2v) is 13.1. The maximum Gasteiger partial charge on any atom is 0.235 e. The third-order valence-corrected chi connectivity index (χ3v) is 10.8. The van der Waals surface area contributed by atoms with Crippen molar-refractivity contribution in [3.05, 3.63) is 22.8 Å². The Balaban J connectivity index is 1.41. The van der Waals surface area contributed by atoms with Crippen LogP contribution in [0.5, 0.6) is 11.5 Å². The van der Waals surface area contributed by atoms with Crippen LogP contribution in [-0.2, 0) is 32.1 Å². The number of carbonyl (C=O) groups is 5. The lowest BCUT2D eigenvalue weighted by Gasteiger charge is -2.52. The average Bonchev–Trinajstić information content (AvgIpc) is 3.83. The van der Waals surface area contributed by atoms with E-state index < -0.39 is 64.4 Å². The molecule has 6 rings (SSSR count). The molecule has 5 aliphatic carbocycles. The summed E-state index contributed by atoms with van der Waals surface area (Å²) in [7, 11) is 4.65. The number of aromatic hydroxyl groups is 1. The molecule has 4 N–H and O–H groups in total. The summed E-state index contributed by atoms with van der Waals surface area (Å²) in [6.45, 7) is 3.49. The van der Waals surface area contributed by atoms with Gasteiger partial charge in [-0.15, -0.1) is 0 Å². The molecule has 42 heavy (non-hydrogen) atoms. The van der Waals surface area contributed by atoms with Crippen LogP contribution in [-0.4, -0.2) is 94.0 Å². The van der Waals surface area contributed by atoms with Gasteiger partial charge in [-0.1, -0.05) is 6.92 Å². The summed E-state index contributed by atoms with van der Waals surface area (Å²) in [5.74, 6) is -9.37. The molecule has 4 saturated carbocycles. The molecule has 1 aromatic carbocycles. The molecule has 6 atom stereocenters. The first kappa shape index (κ1) is 28.9. The van der Waals surface area contributed by atoms with E-state index in [1.54, 1.807) is 14.1 Å². The van der Waals surface area contributed by atoms with Gasteiger partial charge in [0.25, 0.3) is 0 Å². The number of hydrogen-bond acceptors (Lipinski definition) is 10. The van der Waals surface area contributed by atoms with Crippen LogP contribution in [0, 0.1) is 29.6 Å². The van der Waals surface area contributed by atoms with Gasteiger partial charge >= 0.3 is 0 Å². The zero-order valence-corrected chi connectivity index (χ0v) is 24.5. The van der Waals surface area contributed by atoms with E-state index in [-0.39, 0.29) is 29.7 Å². The van der Waals surface area contributed by atoms with Crippen molar-refractivity contribution < 1.29 is 38.9 Å². The van der Waals surface area contributed by atoms with Crippen LogP contribution < -0.4 is 10.5 Å². The molecule has 1 aromatic rings. The summed E-state index contributed by atoms with van der Waals surface area (Å²) in [5.41, 5.74) is 4.02. The number of phenols is 1. The standard InChI is InChI=1S/C31H39N3O8/c1-5-34(30(8-9-30)16-6-7-16)13-15-12-19(35)21-17(26(15)42-4)10-14-11-18-23(33(2)3)25(37)22(29(32)40)28(39)31(18,41)27(38)20(14)24(21)36/h12,14,16,18,20,22-23,35,41H,5-11,13H2,1-4H3,(H2,32,40)/t14-,18-,20?,22?,23-,31-/m0/s1. The first-order valence-electron chi connectivity index (χ1n) is 14.8. The number of nitrogens with two attached hydrogens (primary N) is 1. The van der Waals surface area contributed by atoms with Crippen LogP contribution in [0.1, 0.15) is 60.5 Å². The Labute approximate surface area is 244 Å². The van der Waals surface area contributed by atoms with Crippen molar-refractivity contribution in [3.8, 4) is 11.5 Å². The van der Waals surface area contributed by atoms with Gasteiger partial charge in [-0.05, 0) is 77.1 Å². The highest BCUT2D eigenvalue weighted by atomic mass is 16.5. The molecule has 0 saturated heterocycles. The van der Waals surface area contributed by atoms with Crippen molar-refractivity contribution in [2.45, 2.75) is 69.2 Å². The Bertz CT molecular complexity index is 1410. The lowest BCUT2D eigenvalue weighted by Crippen LogP contribution is -2.74. The third-order valence-electron chi connectivity index (χ3n) is 10.8. The van der Waals surface area contributed by atoms with E-state index >= 15 is 0 Å². The first-order chi connectivity index (χ1) is 19.8. The summed E-state index contributed by atoms with van der Waals surface area (Å²) in [6, 6.07) is 0.394. The van der Waals surface area contributed by atoms with Crippen molar-refractivity contribution in [1.29, 1.82) is 0 Å². The summed E-state index contributed by atoms with van der Waals surface area (Å²) >= 11 is 0. The number of nitrogens with zero attached hydrogens (tertiary/aromatic N) is 2. The molecule has 226 valence electrons. The maximum atomic E-state index is 14.0. The van der Waals surface area contributed by atoms with Crippen molar-refractivity contribution >= 4 is 29.0 Å². The molecule has 1 amide bonds. The molecule has 0 heterocycles. The largest absolute Gasteiger partial charge is 0.507 e. The number of methoxy groups -OCH3 is 1. The van der Waals surface area contributed by atoms with Crippen LogP contribution in [0.4, 0.5) is 0 Å². The number of ether oxygens (including phenoxy) is 1. The van der Waals surface area contributed by atoms with Gasteiger partial charge in [-0.25, -0.2) is 0 Å². The SMILES string of the molecule is CCN(Cc1cc(O)c2c(c1OC)C[C@H]1C[C@H]3[C@H](N(C)C)C(=O)C(C(N)=O)C(=O)[C@@]3(O)C(=O)C1C2=O)C1(C2CC2)CC1. The van der Waals surface area contributed by atoms with Crippen molar-refractivity contribution in [1.82, 2.24) is 9.80 Å². The third kappa shape index (κ3) is 3.85. The maximum absolute atomic E-state index is 14.0. The van der Waals surface area contributed by atoms with Gasteiger partial charge in [0, 0.05) is 29.1 Å². The quantitative estimate of drug-likeness (QED) is 0.371. The number of phenolic OH excluding ortho intramolecular Hbond substituents is 1. The van der Waals surface area contributed by atoms with Gasteiger partial charge < -0.3 is 20.7 Å². The lowest BCUT2D eigenvalue weighted by molar-refractivity contribution is -0.181. The highest BCUT2D eigenvalue weighted by Gasteiger charge is 2.69. The van der Waals surface area contributed by atoms with Crippen LogP contribution in [0.3, 0.4) is 0 Å². The number of rotatable bonds is 8. The number of benzene rings is 1. The number of fused-ring (bicyclic) bond motifs is 3. The van der Waals surface area contributed by atoms with Gasteiger partial charge in [-0.2, -0.15) is 0 Å². The van der Waals surface area contributed by atoms with Crippen molar-refractivity contribution in [3.63, 3.8) is 0 Å². The molecule has 0 bridgehead atoms. The predicted molar refractivity (Wildman–Crippen MR) is 149 cm³/mol. The number of ketones is 4. The number of carbonyl (C=O) groups excluding carboxylic acids is 5. The molecule has 0 aliphatic heterocycles. The molecular weight excluding hydrogens is 542 g/mol. The smallest absolute Gasteiger partial charge is 0.235 e. The van der Waals surface area contributed by atoms with E-state index in [9.17, 15) is 34.2 Å². The fourth-order valence-corrected chi connectivity index (χ4v) is 8.61. The Kier molecular flexibility index (Phi) is 6.67. The number of likely N-dealkylation sites (N-methyl/N-ethyl adjacent to an activating group) is 1. The fourth-order valence-electron chi connectivity index (χ4n) is 8.61. The second-order valence-electron chi connectivity index (χ2n) is 13.1. The van der Waals surface area contributed by atoms with Crippen LogP contribution in [0.25, 0.3) is 0 Å². The number of aliphatic hydroxyl groups is 1. The molecule has 0 spiro atoms. The van der Waals surface area contributed by atoms with Gasteiger partial charge in [0.1, 0.15) is 11.5 Å². The van der Waals surface area contributed by atoms with E-state index in [2.05, 4.69) is 11.8 Å². The molecule has 11 nitrogen and oxygen atoms in total. The number of amides is 1.